The SMILES string of the molecule is CC(C)CCNC(=O)COCC1CCCN1. The molecule has 1 fully saturated rings. The molecule has 0 aliphatic carbocycles. The molecule has 0 aromatic carbocycles. The van der Waals surface area contributed by atoms with E-state index in [2.05, 4.69) is 24.5 Å². The Morgan fingerprint density at radius 1 is 1.56 bits per heavy atom. The monoisotopic (exact) mass is 228 g/mol. The van der Waals surface area contributed by atoms with E-state index in [0.29, 0.717) is 18.6 Å². The molecule has 0 bridgehead atoms. The van der Waals surface area contributed by atoms with Crippen LogP contribution in [0.5, 0.6) is 0 Å². The van der Waals surface area contributed by atoms with Crippen LogP contribution in [0.2, 0.25) is 0 Å². The van der Waals surface area contributed by atoms with Crippen molar-refractivity contribution in [1.82, 2.24) is 10.6 Å². The van der Waals surface area contributed by atoms with Crippen molar-refractivity contribution < 1.29 is 9.53 Å². The average molecular weight is 228 g/mol. The highest BCUT2D eigenvalue weighted by Gasteiger charge is 2.14. The third-order valence-corrected chi connectivity index (χ3v) is 2.76. The highest BCUT2D eigenvalue weighted by molar-refractivity contribution is 5.77. The van der Waals surface area contributed by atoms with Gasteiger partial charge in [-0.15, -0.1) is 0 Å². The van der Waals surface area contributed by atoms with Crippen LogP contribution >= 0.6 is 0 Å². The van der Waals surface area contributed by atoms with Crippen molar-refractivity contribution in [3.05, 3.63) is 0 Å². The first-order valence-electron chi connectivity index (χ1n) is 6.26. The number of ether oxygens (including phenoxy) is 1. The lowest BCUT2D eigenvalue weighted by atomic mass is 10.1. The van der Waals surface area contributed by atoms with Crippen LogP contribution in [0, 0.1) is 5.92 Å². The molecule has 1 aliphatic rings. The van der Waals surface area contributed by atoms with Crippen LogP contribution in [-0.4, -0.2) is 38.3 Å². The lowest BCUT2D eigenvalue weighted by Gasteiger charge is -2.11. The molecule has 0 saturated carbocycles. The minimum atomic E-state index is -0.00125. The first kappa shape index (κ1) is 13.5. The van der Waals surface area contributed by atoms with Gasteiger partial charge in [0.2, 0.25) is 5.91 Å². The Morgan fingerprint density at radius 2 is 2.38 bits per heavy atom. The van der Waals surface area contributed by atoms with Gasteiger partial charge in [-0.2, -0.15) is 0 Å². The van der Waals surface area contributed by atoms with Crippen LogP contribution in [0.15, 0.2) is 0 Å². The van der Waals surface area contributed by atoms with E-state index in [1.807, 2.05) is 0 Å². The maximum atomic E-state index is 11.3. The summed E-state index contributed by atoms with van der Waals surface area (Å²) < 4.78 is 5.36. The van der Waals surface area contributed by atoms with Crippen LogP contribution < -0.4 is 10.6 Å². The van der Waals surface area contributed by atoms with E-state index in [4.69, 9.17) is 4.74 Å². The van der Waals surface area contributed by atoms with E-state index in [1.165, 1.54) is 6.42 Å². The van der Waals surface area contributed by atoms with Crippen LogP contribution in [0.25, 0.3) is 0 Å². The van der Waals surface area contributed by atoms with Gasteiger partial charge in [0, 0.05) is 12.6 Å². The van der Waals surface area contributed by atoms with Gasteiger partial charge in [0.25, 0.3) is 0 Å². The number of rotatable bonds is 7. The molecule has 1 heterocycles. The van der Waals surface area contributed by atoms with Crippen molar-refractivity contribution in [1.29, 1.82) is 0 Å². The molecule has 2 N–H and O–H groups in total. The smallest absolute Gasteiger partial charge is 0.245 e. The van der Waals surface area contributed by atoms with Crippen LogP contribution in [0.4, 0.5) is 0 Å². The quantitative estimate of drug-likeness (QED) is 0.681. The van der Waals surface area contributed by atoms with Gasteiger partial charge in [-0.1, -0.05) is 13.8 Å². The third kappa shape index (κ3) is 6.08. The van der Waals surface area contributed by atoms with E-state index in [9.17, 15) is 4.79 Å². The normalized spacial score (nSPS) is 20.3. The summed E-state index contributed by atoms with van der Waals surface area (Å²) >= 11 is 0. The molecule has 1 unspecified atom stereocenters. The molecule has 0 radical (unpaired) electrons. The van der Waals surface area contributed by atoms with Crippen LogP contribution in [-0.2, 0) is 9.53 Å². The number of hydrogen-bond acceptors (Lipinski definition) is 3. The zero-order valence-electron chi connectivity index (χ0n) is 10.4. The Morgan fingerprint density at radius 3 is 3.00 bits per heavy atom. The van der Waals surface area contributed by atoms with Crippen molar-refractivity contribution in [2.45, 2.75) is 39.2 Å². The second-order valence-electron chi connectivity index (χ2n) is 4.84. The van der Waals surface area contributed by atoms with Crippen molar-refractivity contribution >= 4 is 5.91 Å². The number of hydrogen-bond donors (Lipinski definition) is 2. The second-order valence-corrected chi connectivity index (χ2v) is 4.84. The third-order valence-electron chi connectivity index (χ3n) is 2.76. The van der Waals surface area contributed by atoms with E-state index < -0.39 is 0 Å². The summed E-state index contributed by atoms with van der Waals surface area (Å²) in [6, 6.07) is 0.448. The minimum absolute atomic E-state index is 0.00125. The average Bonchev–Trinajstić information content (AvgIpc) is 2.70. The van der Waals surface area contributed by atoms with Gasteiger partial charge in [-0.05, 0) is 31.7 Å². The summed E-state index contributed by atoms with van der Waals surface area (Å²) in [6.07, 6.45) is 3.40. The molecule has 0 aromatic heterocycles. The molecule has 1 rings (SSSR count). The lowest BCUT2D eigenvalue weighted by molar-refractivity contribution is -0.125. The van der Waals surface area contributed by atoms with Crippen molar-refractivity contribution in [2.75, 3.05) is 26.3 Å². The zero-order valence-corrected chi connectivity index (χ0v) is 10.4. The molecule has 0 spiro atoms. The largest absolute Gasteiger partial charge is 0.370 e. The standard InChI is InChI=1S/C12H24N2O2/c1-10(2)5-7-14-12(15)9-16-8-11-4-3-6-13-11/h10-11,13H,3-9H2,1-2H3,(H,14,15). The number of carbonyl (C=O) groups excluding carboxylic acids is 1. The summed E-state index contributed by atoms with van der Waals surface area (Å²) in [5.74, 6) is 0.627. The molecule has 1 amide bonds. The minimum Gasteiger partial charge on any atom is -0.370 e. The first-order chi connectivity index (χ1) is 7.68. The predicted octanol–water partition coefficient (Wildman–Crippen LogP) is 0.917. The summed E-state index contributed by atoms with van der Waals surface area (Å²) in [7, 11) is 0. The van der Waals surface area contributed by atoms with Gasteiger partial charge in [0.15, 0.2) is 0 Å². The van der Waals surface area contributed by atoms with Gasteiger partial charge >= 0.3 is 0 Å². The van der Waals surface area contributed by atoms with Crippen LogP contribution in [0.1, 0.15) is 33.1 Å². The van der Waals surface area contributed by atoms with Crippen LogP contribution in [0.3, 0.4) is 0 Å². The molecular weight excluding hydrogens is 204 g/mol. The Hall–Kier alpha value is -0.610. The lowest BCUT2D eigenvalue weighted by Crippen LogP contribution is -2.32. The van der Waals surface area contributed by atoms with E-state index in [-0.39, 0.29) is 12.5 Å². The summed E-state index contributed by atoms with van der Waals surface area (Å²) in [4.78, 5) is 11.3. The van der Waals surface area contributed by atoms with Crippen molar-refractivity contribution in [3.8, 4) is 0 Å². The Labute approximate surface area is 98.1 Å². The fraction of sp³-hybridized carbons (Fsp3) is 0.917. The van der Waals surface area contributed by atoms with Crippen molar-refractivity contribution in [2.24, 2.45) is 5.92 Å². The van der Waals surface area contributed by atoms with Gasteiger partial charge in [0.05, 0.1) is 6.61 Å². The maximum Gasteiger partial charge on any atom is 0.245 e. The summed E-state index contributed by atoms with van der Waals surface area (Å²) in [5, 5.41) is 6.19. The van der Waals surface area contributed by atoms with E-state index >= 15 is 0 Å². The molecule has 0 aromatic rings. The molecule has 94 valence electrons. The highest BCUT2D eigenvalue weighted by Crippen LogP contribution is 2.04. The van der Waals surface area contributed by atoms with Gasteiger partial charge in [-0.25, -0.2) is 0 Å². The van der Waals surface area contributed by atoms with Gasteiger partial charge < -0.3 is 15.4 Å². The van der Waals surface area contributed by atoms with Crippen molar-refractivity contribution in [3.63, 3.8) is 0 Å². The Balaban J connectivity index is 1.93. The fourth-order valence-electron chi connectivity index (χ4n) is 1.74. The second kappa shape index (κ2) is 7.63. The Kier molecular flexibility index (Phi) is 6.42. The molecule has 1 atom stereocenters. The zero-order chi connectivity index (χ0) is 11.8. The molecule has 4 heteroatoms. The molecule has 1 saturated heterocycles. The van der Waals surface area contributed by atoms with Gasteiger partial charge in [0.1, 0.15) is 6.61 Å². The van der Waals surface area contributed by atoms with Gasteiger partial charge in [-0.3, -0.25) is 4.79 Å². The molecular formula is C12H24N2O2. The topological polar surface area (TPSA) is 50.4 Å². The number of carbonyl (C=O) groups is 1. The fourth-order valence-corrected chi connectivity index (χ4v) is 1.74. The highest BCUT2D eigenvalue weighted by atomic mass is 16.5. The first-order valence-corrected chi connectivity index (χ1v) is 6.26. The maximum absolute atomic E-state index is 11.3. The summed E-state index contributed by atoms with van der Waals surface area (Å²) in [5.41, 5.74) is 0. The number of nitrogens with one attached hydrogen (secondary N) is 2. The molecule has 16 heavy (non-hydrogen) atoms. The molecule has 4 nitrogen and oxygen atoms in total. The summed E-state index contributed by atoms with van der Waals surface area (Å²) in [6.45, 7) is 6.97. The predicted molar refractivity (Wildman–Crippen MR) is 64.3 cm³/mol. The molecule has 1 aliphatic heterocycles. The number of amides is 1. The Bertz CT molecular complexity index is 201. The van der Waals surface area contributed by atoms with E-state index in [1.54, 1.807) is 0 Å². The van der Waals surface area contributed by atoms with E-state index in [0.717, 1.165) is 25.9 Å².